The summed E-state index contributed by atoms with van der Waals surface area (Å²) in [7, 11) is 0. The molecule has 0 bridgehead atoms. The van der Waals surface area contributed by atoms with Gasteiger partial charge in [-0.3, -0.25) is 5.32 Å². The van der Waals surface area contributed by atoms with E-state index >= 15 is 0 Å². The molecule has 2 aliphatic rings. The van der Waals surface area contributed by atoms with E-state index in [1.54, 1.807) is 25.3 Å². The van der Waals surface area contributed by atoms with Crippen LogP contribution in [-0.2, 0) is 10.9 Å². The van der Waals surface area contributed by atoms with Crippen molar-refractivity contribution in [3.05, 3.63) is 35.7 Å². The number of hydrogen-bond acceptors (Lipinski definition) is 6. The number of alkyl halides is 3. The minimum absolute atomic E-state index is 0.0126. The third kappa shape index (κ3) is 5.36. The zero-order valence-electron chi connectivity index (χ0n) is 21.1. The molecule has 2 fully saturated rings. The summed E-state index contributed by atoms with van der Waals surface area (Å²) in [5, 5.41) is 10.0. The fourth-order valence-corrected chi connectivity index (χ4v) is 4.89. The average Bonchev–Trinajstić information content (AvgIpc) is 3.57. The predicted molar refractivity (Wildman–Crippen MR) is 136 cm³/mol. The maximum atomic E-state index is 14.0. The molecule has 1 atom stereocenters. The number of aromatic amines is 1. The van der Waals surface area contributed by atoms with Crippen LogP contribution in [0.2, 0.25) is 0 Å². The van der Waals surface area contributed by atoms with Crippen LogP contribution in [0.15, 0.2) is 24.5 Å². The van der Waals surface area contributed by atoms with Gasteiger partial charge in [0, 0.05) is 52.7 Å². The maximum Gasteiger partial charge on any atom is 0.419 e. The van der Waals surface area contributed by atoms with E-state index in [0.717, 1.165) is 37.4 Å². The first-order chi connectivity index (χ1) is 17.6. The van der Waals surface area contributed by atoms with Crippen LogP contribution in [0, 0.1) is 0 Å². The second kappa shape index (κ2) is 9.51. The van der Waals surface area contributed by atoms with Crippen molar-refractivity contribution in [2.24, 2.45) is 0 Å². The number of piperidine rings is 1. The van der Waals surface area contributed by atoms with Crippen molar-refractivity contribution in [2.45, 2.75) is 70.1 Å². The third-order valence-electron chi connectivity index (χ3n) is 7.02. The first kappa shape index (κ1) is 25.3. The molecule has 2 aromatic heterocycles. The van der Waals surface area contributed by atoms with E-state index in [1.165, 1.54) is 0 Å². The van der Waals surface area contributed by atoms with Crippen molar-refractivity contribution in [2.75, 3.05) is 23.8 Å². The number of nitrogens with zero attached hydrogens (tertiary/aromatic N) is 2. The van der Waals surface area contributed by atoms with E-state index in [-0.39, 0.29) is 35.7 Å². The number of anilines is 2. The first-order valence-corrected chi connectivity index (χ1v) is 12.6. The molecular formula is C26H31F3N6O2. The molecule has 0 radical (unpaired) electrons. The Kier molecular flexibility index (Phi) is 6.51. The molecule has 1 saturated carbocycles. The van der Waals surface area contributed by atoms with E-state index in [1.807, 2.05) is 0 Å². The summed E-state index contributed by atoms with van der Waals surface area (Å²) in [6.07, 6.45) is 0.860. The summed E-state index contributed by atoms with van der Waals surface area (Å²) < 4.78 is 47.1. The largest absolute Gasteiger partial charge is 0.450 e. The molecule has 1 amide bonds. The number of amides is 1. The SMILES string of the molecule is CCOC(=O)Nc1ccc2c(-c3nc(N[C@H]4CCC(C)(C)NC4)ncc3C(F)(F)F)c[nH]c2c1C1CC1. The molecule has 1 aliphatic heterocycles. The van der Waals surface area contributed by atoms with Crippen LogP contribution < -0.4 is 16.0 Å². The Morgan fingerprint density at radius 2 is 2.03 bits per heavy atom. The van der Waals surface area contributed by atoms with E-state index in [0.29, 0.717) is 28.7 Å². The topological polar surface area (TPSA) is 104 Å². The van der Waals surface area contributed by atoms with Gasteiger partial charge in [-0.2, -0.15) is 13.2 Å². The first-order valence-electron chi connectivity index (χ1n) is 12.6. The number of aromatic nitrogens is 3. The van der Waals surface area contributed by atoms with Gasteiger partial charge in [-0.1, -0.05) is 6.07 Å². The molecule has 3 heterocycles. The minimum atomic E-state index is -4.63. The average molecular weight is 517 g/mol. The van der Waals surface area contributed by atoms with Gasteiger partial charge in [0.2, 0.25) is 5.95 Å². The van der Waals surface area contributed by atoms with Gasteiger partial charge in [-0.25, -0.2) is 14.8 Å². The highest BCUT2D eigenvalue weighted by Crippen LogP contribution is 2.48. The fraction of sp³-hybridized carbons (Fsp3) is 0.500. The molecular weight excluding hydrogens is 485 g/mol. The van der Waals surface area contributed by atoms with Crippen LogP contribution >= 0.6 is 0 Å². The normalized spacial score (nSPS) is 19.6. The molecule has 0 spiro atoms. The molecule has 5 rings (SSSR count). The van der Waals surface area contributed by atoms with Gasteiger partial charge in [0.25, 0.3) is 0 Å². The summed E-state index contributed by atoms with van der Waals surface area (Å²) in [6, 6.07) is 3.43. The summed E-state index contributed by atoms with van der Waals surface area (Å²) in [6.45, 7) is 6.86. The van der Waals surface area contributed by atoms with Crippen LogP contribution in [0.4, 0.5) is 29.6 Å². The second-order valence-electron chi connectivity index (χ2n) is 10.4. The summed E-state index contributed by atoms with van der Waals surface area (Å²) in [5.41, 5.74) is 1.42. The molecule has 1 saturated heterocycles. The molecule has 1 aliphatic carbocycles. The Labute approximate surface area is 212 Å². The van der Waals surface area contributed by atoms with Crippen molar-refractivity contribution in [1.29, 1.82) is 0 Å². The van der Waals surface area contributed by atoms with Crippen LogP contribution in [0.1, 0.15) is 63.5 Å². The number of benzene rings is 1. The van der Waals surface area contributed by atoms with Gasteiger partial charge in [0.15, 0.2) is 0 Å². The number of carbonyl (C=O) groups excluding carboxylic acids is 1. The molecule has 1 aromatic carbocycles. The van der Waals surface area contributed by atoms with E-state index < -0.39 is 17.8 Å². The molecule has 37 heavy (non-hydrogen) atoms. The number of halogens is 3. The van der Waals surface area contributed by atoms with Crippen molar-refractivity contribution < 1.29 is 22.7 Å². The lowest BCUT2D eigenvalue weighted by atomic mass is 9.91. The van der Waals surface area contributed by atoms with Gasteiger partial charge >= 0.3 is 12.3 Å². The van der Waals surface area contributed by atoms with Crippen molar-refractivity contribution in [1.82, 2.24) is 20.3 Å². The zero-order chi connectivity index (χ0) is 26.4. The predicted octanol–water partition coefficient (Wildman–Crippen LogP) is 6.03. The Morgan fingerprint density at radius 3 is 2.68 bits per heavy atom. The van der Waals surface area contributed by atoms with Gasteiger partial charge in [0.05, 0.1) is 17.8 Å². The highest BCUT2D eigenvalue weighted by Gasteiger charge is 2.37. The van der Waals surface area contributed by atoms with E-state index in [9.17, 15) is 18.0 Å². The number of fused-ring (bicyclic) bond motifs is 1. The lowest BCUT2D eigenvalue weighted by Gasteiger charge is -2.36. The Morgan fingerprint density at radius 1 is 1.24 bits per heavy atom. The molecule has 11 heteroatoms. The van der Waals surface area contributed by atoms with Gasteiger partial charge < -0.3 is 20.4 Å². The quantitative estimate of drug-likeness (QED) is 0.319. The third-order valence-corrected chi connectivity index (χ3v) is 7.02. The number of ether oxygens (including phenoxy) is 1. The Bertz CT molecular complexity index is 1310. The monoisotopic (exact) mass is 516 g/mol. The summed E-state index contributed by atoms with van der Waals surface area (Å²) in [4.78, 5) is 23.6. The number of H-pyrrole nitrogens is 1. The smallest absolute Gasteiger partial charge is 0.419 e. The molecule has 4 N–H and O–H groups in total. The van der Waals surface area contributed by atoms with Gasteiger partial charge in [-0.05, 0) is 58.4 Å². The van der Waals surface area contributed by atoms with E-state index in [2.05, 4.69) is 44.7 Å². The lowest BCUT2D eigenvalue weighted by molar-refractivity contribution is -0.137. The second-order valence-corrected chi connectivity index (χ2v) is 10.4. The van der Waals surface area contributed by atoms with Crippen LogP contribution in [0.5, 0.6) is 0 Å². The molecule has 8 nitrogen and oxygen atoms in total. The fourth-order valence-electron chi connectivity index (χ4n) is 4.89. The molecule has 198 valence electrons. The van der Waals surface area contributed by atoms with Crippen molar-refractivity contribution in [3.63, 3.8) is 0 Å². The van der Waals surface area contributed by atoms with Gasteiger partial charge in [0.1, 0.15) is 5.56 Å². The Balaban J connectivity index is 1.53. The minimum Gasteiger partial charge on any atom is -0.450 e. The molecule has 0 unspecified atom stereocenters. The number of nitrogens with one attached hydrogen (secondary N) is 4. The maximum absolute atomic E-state index is 14.0. The summed E-state index contributed by atoms with van der Waals surface area (Å²) in [5.74, 6) is 0.367. The zero-order valence-corrected chi connectivity index (χ0v) is 21.1. The highest BCUT2D eigenvalue weighted by atomic mass is 19.4. The lowest BCUT2D eigenvalue weighted by Crippen LogP contribution is -2.50. The highest BCUT2D eigenvalue weighted by molar-refractivity contribution is 6.01. The van der Waals surface area contributed by atoms with Crippen LogP contribution in [-0.4, -0.2) is 45.8 Å². The van der Waals surface area contributed by atoms with Crippen molar-refractivity contribution in [3.8, 4) is 11.3 Å². The summed E-state index contributed by atoms with van der Waals surface area (Å²) >= 11 is 0. The number of rotatable bonds is 6. The standard InChI is InChI=1S/C26H31F3N6O2/c1-4-37-24(36)34-19-8-7-16-17(12-30-22(16)20(19)14-5-6-14)21-18(26(27,28)29)13-31-23(35-21)33-15-9-10-25(2,3)32-11-15/h7-8,12-15,30,32H,4-6,9-11H2,1-3H3,(H,34,36)(H,31,33,35)/t15-/m0/s1. The van der Waals surface area contributed by atoms with Crippen molar-refractivity contribution >= 4 is 28.6 Å². The Hall–Kier alpha value is -3.34. The number of carbonyl (C=O) groups is 1. The number of hydrogen-bond donors (Lipinski definition) is 4. The van der Waals surface area contributed by atoms with Gasteiger partial charge in [-0.15, -0.1) is 0 Å². The van der Waals surface area contributed by atoms with Crippen LogP contribution in [0.3, 0.4) is 0 Å². The van der Waals surface area contributed by atoms with Crippen LogP contribution in [0.25, 0.3) is 22.2 Å². The van der Waals surface area contributed by atoms with E-state index in [4.69, 9.17) is 4.74 Å². The molecule has 3 aromatic rings.